The lowest BCUT2D eigenvalue weighted by molar-refractivity contribution is 0.283. The number of nitrogens with one attached hydrogen (secondary N) is 1. The van der Waals surface area contributed by atoms with Crippen molar-refractivity contribution in [2.24, 2.45) is 5.92 Å². The molecule has 1 heterocycles. The standard InChI is InChI=1S/C10H13ClN2O/c1-6-2-7(3-6)8-4-10(14)13-9(5-11)12-8/h4,6-7H,2-3,5H2,1H3,(H,12,13,14). The van der Waals surface area contributed by atoms with Crippen LogP contribution in [0.4, 0.5) is 0 Å². The van der Waals surface area contributed by atoms with Gasteiger partial charge < -0.3 is 4.98 Å². The molecule has 0 saturated heterocycles. The second-order valence-electron chi connectivity index (χ2n) is 4.02. The van der Waals surface area contributed by atoms with E-state index in [1.807, 2.05) is 0 Å². The minimum Gasteiger partial charge on any atom is -0.310 e. The van der Waals surface area contributed by atoms with Crippen LogP contribution in [0.15, 0.2) is 10.9 Å². The van der Waals surface area contributed by atoms with Crippen molar-refractivity contribution in [3.05, 3.63) is 27.9 Å². The Bertz CT molecular complexity index is 382. The summed E-state index contributed by atoms with van der Waals surface area (Å²) in [7, 11) is 0. The number of halogens is 1. The number of hydrogen-bond donors (Lipinski definition) is 1. The minimum atomic E-state index is -0.0924. The Morgan fingerprint density at radius 1 is 1.64 bits per heavy atom. The summed E-state index contributed by atoms with van der Waals surface area (Å²) in [5.74, 6) is 2.08. The van der Waals surface area contributed by atoms with Crippen LogP contribution in [0, 0.1) is 5.92 Å². The summed E-state index contributed by atoms with van der Waals surface area (Å²) in [5, 5.41) is 0. The lowest BCUT2D eigenvalue weighted by Gasteiger charge is -2.32. The molecular weight excluding hydrogens is 200 g/mol. The highest BCUT2D eigenvalue weighted by Gasteiger charge is 2.28. The Morgan fingerprint density at radius 2 is 2.36 bits per heavy atom. The highest BCUT2D eigenvalue weighted by molar-refractivity contribution is 6.16. The molecule has 1 aliphatic carbocycles. The summed E-state index contributed by atoms with van der Waals surface area (Å²) < 4.78 is 0. The van der Waals surface area contributed by atoms with Crippen LogP contribution in [0.1, 0.15) is 37.2 Å². The van der Waals surface area contributed by atoms with E-state index < -0.39 is 0 Å². The Morgan fingerprint density at radius 3 is 2.93 bits per heavy atom. The zero-order valence-corrected chi connectivity index (χ0v) is 8.84. The van der Waals surface area contributed by atoms with Crippen LogP contribution >= 0.6 is 11.6 Å². The molecule has 1 aromatic rings. The maximum absolute atomic E-state index is 11.2. The molecule has 0 amide bonds. The Labute approximate surface area is 87.5 Å². The third kappa shape index (κ3) is 1.82. The van der Waals surface area contributed by atoms with Gasteiger partial charge in [-0.05, 0) is 18.8 Å². The summed E-state index contributed by atoms with van der Waals surface area (Å²) in [4.78, 5) is 18.2. The molecule has 1 aliphatic rings. The number of hydrogen-bond acceptors (Lipinski definition) is 2. The van der Waals surface area contributed by atoms with Crippen LogP contribution < -0.4 is 5.56 Å². The van der Waals surface area contributed by atoms with Crippen molar-refractivity contribution >= 4 is 11.6 Å². The summed E-state index contributed by atoms with van der Waals surface area (Å²) >= 11 is 5.63. The predicted molar refractivity (Wildman–Crippen MR) is 55.6 cm³/mol. The molecule has 0 atom stereocenters. The molecule has 0 aromatic carbocycles. The predicted octanol–water partition coefficient (Wildman–Crippen LogP) is 2.02. The van der Waals surface area contributed by atoms with Crippen LogP contribution in [-0.4, -0.2) is 9.97 Å². The second-order valence-corrected chi connectivity index (χ2v) is 4.29. The molecule has 4 heteroatoms. The first-order valence-electron chi connectivity index (χ1n) is 4.85. The van der Waals surface area contributed by atoms with Crippen LogP contribution in [0.3, 0.4) is 0 Å². The summed E-state index contributed by atoms with van der Waals surface area (Å²) in [6.45, 7) is 2.21. The normalized spacial score (nSPS) is 25.9. The quantitative estimate of drug-likeness (QED) is 0.763. The number of aromatic nitrogens is 2. The molecule has 0 radical (unpaired) electrons. The Hall–Kier alpha value is -0.830. The molecule has 1 saturated carbocycles. The topological polar surface area (TPSA) is 45.8 Å². The van der Waals surface area contributed by atoms with Gasteiger partial charge in [0.15, 0.2) is 0 Å². The molecule has 0 aliphatic heterocycles. The molecule has 0 unspecified atom stereocenters. The number of alkyl halides is 1. The van der Waals surface area contributed by atoms with Crippen molar-refractivity contribution in [1.29, 1.82) is 0 Å². The van der Waals surface area contributed by atoms with E-state index in [4.69, 9.17) is 11.6 Å². The molecule has 0 spiro atoms. The number of H-pyrrole nitrogens is 1. The van der Waals surface area contributed by atoms with Crippen LogP contribution in [-0.2, 0) is 5.88 Å². The van der Waals surface area contributed by atoms with Gasteiger partial charge in [-0.15, -0.1) is 11.6 Å². The van der Waals surface area contributed by atoms with E-state index in [1.165, 1.54) is 0 Å². The fraction of sp³-hybridized carbons (Fsp3) is 0.600. The first kappa shape index (κ1) is 9.71. The molecule has 76 valence electrons. The second kappa shape index (κ2) is 3.73. The first-order chi connectivity index (χ1) is 6.69. The average Bonchev–Trinajstić information content (AvgIpc) is 2.12. The van der Waals surface area contributed by atoms with E-state index in [9.17, 15) is 4.79 Å². The van der Waals surface area contributed by atoms with E-state index in [0.717, 1.165) is 24.5 Å². The molecule has 1 N–H and O–H groups in total. The van der Waals surface area contributed by atoms with Gasteiger partial charge in [0.25, 0.3) is 5.56 Å². The summed E-state index contributed by atoms with van der Waals surface area (Å²) in [6, 6.07) is 1.59. The lowest BCUT2D eigenvalue weighted by Crippen LogP contribution is -2.23. The van der Waals surface area contributed by atoms with E-state index in [-0.39, 0.29) is 11.4 Å². The summed E-state index contributed by atoms with van der Waals surface area (Å²) in [6.07, 6.45) is 2.27. The van der Waals surface area contributed by atoms with Crippen molar-refractivity contribution in [2.75, 3.05) is 0 Å². The van der Waals surface area contributed by atoms with Crippen molar-refractivity contribution in [1.82, 2.24) is 9.97 Å². The van der Waals surface area contributed by atoms with Crippen LogP contribution in [0.5, 0.6) is 0 Å². The number of rotatable bonds is 2. The van der Waals surface area contributed by atoms with E-state index >= 15 is 0 Å². The van der Waals surface area contributed by atoms with Crippen molar-refractivity contribution in [3.63, 3.8) is 0 Å². The smallest absolute Gasteiger partial charge is 0.251 e. The largest absolute Gasteiger partial charge is 0.310 e. The highest BCUT2D eigenvalue weighted by Crippen LogP contribution is 2.39. The van der Waals surface area contributed by atoms with Crippen molar-refractivity contribution in [2.45, 2.75) is 31.6 Å². The maximum atomic E-state index is 11.2. The molecule has 2 rings (SSSR count). The molecular formula is C10H13ClN2O. The van der Waals surface area contributed by atoms with Crippen LogP contribution in [0.2, 0.25) is 0 Å². The fourth-order valence-corrected chi connectivity index (χ4v) is 2.07. The molecule has 0 bridgehead atoms. The Balaban J connectivity index is 2.25. The van der Waals surface area contributed by atoms with Crippen LogP contribution in [0.25, 0.3) is 0 Å². The van der Waals surface area contributed by atoms with Gasteiger partial charge >= 0.3 is 0 Å². The van der Waals surface area contributed by atoms with Gasteiger partial charge in [-0.25, -0.2) is 4.98 Å². The van der Waals surface area contributed by atoms with Gasteiger partial charge in [0.1, 0.15) is 5.82 Å². The molecule has 3 nitrogen and oxygen atoms in total. The van der Waals surface area contributed by atoms with Gasteiger partial charge in [-0.2, -0.15) is 0 Å². The highest BCUT2D eigenvalue weighted by atomic mass is 35.5. The van der Waals surface area contributed by atoms with Gasteiger partial charge in [0.2, 0.25) is 0 Å². The van der Waals surface area contributed by atoms with Gasteiger partial charge in [-0.1, -0.05) is 6.92 Å². The van der Waals surface area contributed by atoms with Crippen molar-refractivity contribution in [3.8, 4) is 0 Å². The summed E-state index contributed by atoms with van der Waals surface area (Å²) in [5.41, 5.74) is 0.813. The first-order valence-corrected chi connectivity index (χ1v) is 5.38. The average molecular weight is 213 g/mol. The van der Waals surface area contributed by atoms with Gasteiger partial charge in [0, 0.05) is 12.0 Å². The molecule has 1 aromatic heterocycles. The minimum absolute atomic E-state index is 0.0924. The molecule has 1 fully saturated rings. The van der Waals surface area contributed by atoms with Crippen molar-refractivity contribution < 1.29 is 0 Å². The third-order valence-corrected chi connectivity index (χ3v) is 2.98. The number of nitrogens with zero attached hydrogens (tertiary/aromatic N) is 1. The zero-order chi connectivity index (χ0) is 10.1. The fourth-order valence-electron chi connectivity index (χ4n) is 1.94. The van der Waals surface area contributed by atoms with E-state index in [0.29, 0.717) is 11.7 Å². The van der Waals surface area contributed by atoms with E-state index in [2.05, 4.69) is 16.9 Å². The van der Waals surface area contributed by atoms with Gasteiger partial charge in [0.05, 0.1) is 11.6 Å². The monoisotopic (exact) mass is 212 g/mol. The van der Waals surface area contributed by atoms with E-state index in [1.54, 1.807) is 6.07 Å². The molecule has 14 heavy (non-hydrogen) atoms. The third-order valence-electron chi connectivity index (χ3n) is 2.73. The number of aromatic amines is 1. The Kier molecular flexibility index (Phi) is 2.59. The zero-order valence-electron chi connectivity index (χ0n) is 8.09. The maximum Gasteiger partial charge on any atom is 0.251 e. The van der Waals surface area contributed by atoms with Gasteiger partial charge in [-0.3, -0.25) is 4.79 Å². The lowest BCUT2D eigenvalue weighted by atomic mass is 9.74. The SMILES string of the molecule is CC1CC(c2cc(=O)[nH]c(CCl)n2)C1.